The van der Waals surface area contributed by atoms with E-state index in [1.54, 1.807) is 0 Å². The van der Waals surface area contributed by atoms with Gasteiger partial charge in [-0.25, -0.2) is 0 Å². The number of carbonyl (C=O) groups excluding carboxylic acids is 2. The van der Waals surface area contributed by atoms with Crippen molar-refractivity contribution in [2.24, 2.45) is 5.92 Å². The zero-order valence-electron chi connectivity index (χ0n) is 10.0. The average molecular weight is 228 g/mol. The first-order valence-electron chi connectivity index (χ1n) is 5.91. The summed E-state index contributed by atoms with van der Waals surface area (Å²) < 4.78 is 10.3. The molecule has 1 rings (SSSR count). The second kappa shape index (κ2) is 6.63. The molecule has 0 saturated carbocycles. The minimum atomic E-state index is -0.159. The van der Waals surface area contributed by atoms with Crippen molar-refractivity contribution in [1.82, 2.24) is 0 Å². The van der Waals surface area contributed by atoms with Crippen molar-refractivity contribution in [2.75, 3.05) is 13.2 Å². The largest absolute Gasteiger partial charge is 0.460 e. The van der Waals surface area contributed by atoms with Crippen LogP contribution in [0.15, 0.2) is 0 Å². The van der Waals surface area contributed by atoms with Crippen molar-refractivity contribution in [2.45, 2.75) is 45.6 Å². The first kappa shape index (κ1) is 13.2. The second-order valence-electron chi connectivity index (χ2n) is 4.35. The molecule has 4 nitrogen and oxygen atoms in total. The van der Waals surface area contributed by atoms with Gasteiger partial charge in [0.05, 0.1) is 12.5 Å². The van der Waals surface area contributed by atoms with Gasteiger partial charge in [0.1, 0.15) is 12.7 Å². The Hall–Kier alpha value is -0.900. The van der Waals surface area contributed by atoms with Crippen LogP contribution in [0.4, 0.5) is 0 Å². The Morgan fingerprint density at radius 2 is 2.31 bits per heavy atom. The van der Waals surface area contributed by atoms with E-state index in [0.29, 0.717) is 6.61 Å². The van der Waals surface area contributed by atoms with Crippen LogP contribution in [-0.2, 0) is 19.1 Å². The number of ether oxygens (including phenoxy) is 2. The zero-order chi connectivity index (χ0) is 12.0. The first-order valence-corrected chi connectivity index (χ1v) is 5.91. The van der Waals surface area contributed by atoms with Gasteiger partial charge in [0, 0.05) is 0 Å². The number of cyclic esters (lactones) is 1. The second-order valence-corrected chi connectivity index (χ2v) is 4.35. The Morgan fingerprint density at radius 3 is 2.94 bits per heavy atom. The predicted octanol–water partition coefficient (Wildman–Crippen LogP) is 1.71. The SMILES string of the molecule is CCCCC1CC(COCC(C)=O)OC1=O. The number of carbonyl (C=O) groups is 2. The third-order valence-corrected chi connectivity index (χ3v) is 2.68. The van der Waals surface area contributed by atoms with Gasteiger partial charge in [-0.15, -0.1) is 0 Å². The Balaban J connectivity index is 2.21. The van der Waals surface area contributed by atoms with Gasteiger partial charge in [0.2, 0.25) is 0 Å². The van der Waals surface area contributed by atoms with Crippen LogP contribution in [0.2, 0.25) is 0 Å². The highest BCUT2D eigenvalue weighted by Gasteiger charge is 2.33. The summed E-state index contributed by atoms with van der Waals surface area (Å²) >= 11 is 0. The van der Waals surface area contributed by atoms with Crippen LogP contribution in [0.5, 0.6) is 0 Å². The number of hydrogen-bond acceptors (Lipinski definition) is 4. The summed E-state index contributed by atoms with van der Waals surface area (Å²) in [4.78, 5) is 22.1. The van der Waals surface area contributed by atoms with E-state index < -0.39 is 0 Å². The lowest BCUT2D eigenvalue weighted by Gasteiger charge is -2.08. The third-order valence-electron chi connectivity index (χ3n) is 2.68. The summed E-state index contributed by atoms with van der Waals surface area (Å²) in [5.74, 6) is -0.0809. The fourth-order valence-electron chi connectivity index (χ4n) is 1.84. The highest BCUT2D eigenvalue weighted by molar-refractivity contribution is 5.76. The van der Waals surface area contributed by atoms with Crippen molar-refractivity contribution >= 4 is 11.8 Å². The molecule has 0 amide bonds. The maximum atomic E-state index is 11.4. The molecule has 2 unspecified atom stereocenters. The molecule has 0 aromatic heterocycles. The molecule has 0 aromatic carbocycles. The van der Waals surface area contributed by atoms with Crippen LogP contribution >= 0.6 is 0 Å². The van der Waals surface area contributed by atoms with Crippen LogP contribution < -0.4 is 0 Å². The lowest BCUT2D eigenvalue weighted by molar-refractivity contribution is -0.146. The van der Waals surface area contributed by atoms with Crippen molar-refractivity contribution in [1.29, 1.82) is 0 Å². The van der Waals surface area contributed by atoms with Crippen molar-refractivity contribution in [3.63, 3.8) is 0 Å². The molecule has 4 heteroatoms. The number of unbranched alkanes of at least 4 members (excludes halogenated alkanes) is 1. The van der Waals surface area contributed by atoms with E-state index in [2.05, 4.69) is 6.92 Å². The summed E-state index contributed by atoms with van der Waals surface area (Å²) in [6.45, 7) is 4.03. The van der Waals surface area contributed by atoms with Gasteiger partial charge in [-0.2, -0.15) is 0 Å². The molecule has 0 N–H and O–H groups in total. The highest BCUT2D eigenvalue weighted by atomic mass is 16.6. The predicted molar refractivity (Wildman–Crippen MR) is 59.0 cm³/mol. The first-order chi connectivity index (χ1) is 7.63. The summed E-state index contributed by atoms with van der Waals surface area (Å²) in [6.07, 6.45) is 3.62. The lowest BCUT2D eigenvalue weighted by Crippen LogP contribution is -2.17. The van der Waals surface area contributed by atoms with Crippen molar-refractivity contribution in [3.05, 3.63) is 0 Å². The molecule has 1 saturated heterocycles. The lowest BCUT2D eigenvalue weighted by atomic mass is 9.99. The van der Waals surface area contributed by atoms with E-state index >= 15 is 0 Å². The summed E-state index contributed by atoms with van der Waals surface area (Å²) in [7, 11) is 0. The molecule has 0 bridgehead atoms. The molecule has 1 aliphatic heterocycles. The quantitative estimate of drug-likeness (QED) is 0.622. The molecule has 16 heavy (non-hydrogen) atoms. The van der Waals surface area contributed by atoms with Gasteiger partial charge in [0.25, 0.3) is 0 Å². The molecule has 0 aliphatic carbocycles. The summed E-state index contributed by atoms with van der Waals surface area (Å²) in [5, 5.41) is 0. The van der Waals surface area contributed by atoms with Gasteiger partial charge in [-0.3, -0.25) is 9.59 Å². The molecule has 0 aromatic rings. The van der Waals surface area contributed by atoms with E-state index in [1.807, 2.05) is 0 Å². The Morgan fingerprint density at radius 1 is 1.56 bits per heavy atom. The molecule has 0 spiro atoms. The Kier molecular flexibility index (Phi) is 5.46. The van der Waals surface area contributed by atoms with Gasteiger partial charge in [-0.1, -0.05) is 19.8 Å². The van der Waals surface area contributed by atoms with Gasteiger partial charge < -0.3 is 9.47 Å². The third kappa shape index (κ3) is 4.31. The van der Waals surface area contributed by atoms with E-state index in [9.17, 15) is 9.59 Å². The van der Waals surface area contributed by atoms with Crippen LogP contribution in [0.1, 0.15) is 39.5 Å². The zero-order valence-corrected chi connectivity index (χ0v) is 10.0. The topological polar surface area (TPSA) is 52.6 Å². The van der Waals surface area contributed by atoms with Crippen LogP contribution in [0.3, 0.4) is 0 Å². The van der Waals surface area contributed by atoms with Crippen LogP contribution in [0.25, 0.3) is 0 Å². The van der Waals surface area contributed by atoms with Gasteiger partial charge >= 0.3 is 5.97 Å². The molecular weight excluding hydrogens is 208 g/mol. The van der Waals surface area contributed by atoms with E-state index in [-0.39, 0.29) is 30.4 Å². The number of hydrogen-bond donors (Lipinski definition) is 0. The standard InChI is InChI=1S/C12H20O4/c1-3-4-5-10-6-11(16-12(10)14)8-15-7-9(2)13/h10-11H,3-8H2,1-2H3. The van der Waals surface area contributed by atoms with E-state index in [4.69, 9.17) is 9.47 Å². The van der Waals surface area contributed by atoms with Crippen molar-refractivity contribution in [3.8, 4) is 0 Å². The fourth-order valence-corrected chi connectivity index (χ4v) is 1.84. The van der Waals surface area contributed by atoms with Crippen molar-refractivity contribution < 1.29 is 19.1 Å². The normalized spacial score (nSPS) is 24.5. The molecule has 2 atom stereocenters. The Bertz CT molecular complexity index is 249. The Labute approximate surface area is 96.3 Å². The number of esters is 1. The van der Waals surface area contributed by atoms with Crippen LogP contribution in [0, 0.1) is 5.92 Å². The molecule has 92 valence electrons. The van der Waals surface area contributed by atoms with Gasteiger partial charge in [0.15, 0.2) is 5.78 Å². The molecule has 1 aliphatic rings. The fraction of sp³-hybridized carbons (Fsp3) is 0.833. The summed E-state index contributed by atoms with van der Waals surface area (Å²) in [6, 6.07) is 0. The van der Waals surface area contributed by atoms with Gasteiger partial charge in [-0.05, 0) is 19.8 Å². The monoisotopic (exact) mass is 228 g/mol. The number of rotatable bonds is 7. The summed E-state index contributed by atoms with van der Waals surface area (Å²) in [5.41, 5.74) is 0. The number of Topliss-reactive ketones (excluding diaryl/α,β-unsaturated/α-hetero) is 1. The number of ketones is 1. The van der Waals surface area contributed by atoms with E-state index in [0.717, 1.165) is 25.7 Å². The highest BCUT2D eigenvalue weighted by Crippen LogP contribution is 2.25. The maximum Gasteiger partial charge on any atom is 0.309 e. The maximum absolute atomic E-state index is 11.4. The molecule has 1 fully saturated rings. The average Bonchev–Trinajstić information content (AvgIpc) is 2.56. The molecule has 0 radical (unpaired) electrons. The molecule has 1 heterocycles. The van der Waals surface area contributed by atoms with E-state index in [1.165, 1.54) is 6.92 Å². The minimum absolute atomic E-state index is 0.00754. The molecular formula is C12H20O4. The minimum Gasteiger partial charge on any atom is -0.460 e. The van der Waals surface area contributed by atoms with Crippen LogP contribution in [-0.4, -0.2) is 31.1 Å². The smallest absolute Gasteiger partial charge is 0.309 e.